The quantitative estimate of drug-likeness (QED) is 0.266. The molecule has 0 aliphatic carbocycles. The van der Waals surface area contributed by atoms with Gasteiger partial charge in [0, 0.05) is 10.4 Å². The minimum Gasteiger partial charge on any atom is -0.338 e. The Kier molecular flexibility index (Phi) is 5.17. The monoisotopic (exact) mass is 446 g/mol. The summed E-state index contributed by atoms with van der Waals surface area (Å²) in [7, 11) is 0. The van der Waals surface area contributed by atoms with Gasteiger partial charge in [0.15, 0.2) is 5.16 Å². The van der Waals surface area contributed by atoms with Crippen LogP contribution >= 0.6 is 23.1 Å². The highest BCUT2D eigenvalue weighted by Crippen LogP contribution is 2.30. The Bertz CT molecular complexity index is 1420. The van der Waals surface area contributed by atoms with Crippen LogP contribution in [0.5, 0.6) is 0 Å². The molecule has 0 fully saturated rings. The van der Waals surface area contributed by atoms with E-state index in [1.165, 1.54) is 11.8 Å². The maximum Gasteiger partial charge on any atom is 0.267 e. The highest BCUT2D eigenvalue weighted by molar-refractivity contribution is 7.98. The number of rotatable bonds is 5. The molecular formula is C23H18N4O2S2. The third-order valence-corrected chi connectivity index (χ3v) is 7.04. The molecule has 31 heavy (non-hydrogen) atoms. The van der Waals surface area contributed by atoms with Crippen LogP contribution in [-0.2, 0) is 5.75 Å². The molecular weight excluding hydrogens is 428 g/mol. The van der Waals surface area contributed by atoms with Gasteiger partial charge in [-0.1, -0.05) is 65.4 Å². The molecule has 0 aliphatic rings. The number of fused-ring (bicyclic) bond motifs is 1. The van der Waals surface area contributed by atoms with Crippen molar-refractivity contribution in [2.24, 2.45) is 0 Å². The molecule has 0 unspecified atom stereocenters. The van der Waals surface area contributed by atoms with Crippen molar-refractivity contribution in [3.8, 4) is 17.1 Å². The van der Waals surface area contributed by atoms with Gasteiger partial charge in [0.05, 0.1) is 16.8 Å². The lowest BCUT2D eigenvalue weighted by atomic mass is 10.2. The Morgan fingerprint density at radius 3 is 2.45 bits per heavy atom. The standard InChI is InChI=1S/C23H18N4O2S2/c1-14-15(2)31-21-19(14)22(28)27(17-11-7-4-8-12-17)23(25-21)30-13-18-24-20(26-29-18)16-9-5-3-6-10-16/h3-12H,13H2,1-2H3. The summed E-state index contributed by atoms with van der Waals surface area (Å²) in [5, 5.41) is 5.36. The molecule has 0 N–H and O–H groups in total. The van der Waals surface area contributed by atoms with Crippen molar-refractivity contribution in [1.29, 1.82) is 0 Å². The fourth-order valence-corrected chi connectivity index (χ4v) is 5.24. The highest BCUT2D eigenvalue weighted by Gasteiger charge is 2.19. The summed E-state index contributed by atoms with van der Waals surface area (Å²) in [6, 6.07) is 19.3. The van der Waals surface area contributed by atoms with Crippen molar-refractivity contribution in [2.45, 2.75) is 24.8 Å². The van der Waals surface area contributed by atoms with Gasteiger partial charge in [-0.05, 0) is 31.5 Å². The number of hydrogen-bond acceptors (Lipinski definition) is 7. The molecule has 5 aromatic rings. The first kappa shape index (κ1) is 19.7. The fraction of sp³-hybridized carbons (Fsp3) is 0.130. The second-order valence-electron chi connectivity index (χ2n) is 7.00. The van der Waals surface area contributed by atoms with E-state index in [9.17, 15) is 4.79 Å². The number of hydrogen-bond donors (Lipinski definition) is 0. The van der Waals surface area contributed by atoms with Crippen LogP contribution < -0.4 is 5.56 Å². The number of benzene rings is 2. The van der Waals surface area contributed by atoms with Crippen LogP contribution in [0.4, 0.5) is 0 Å². The van der Waals surface area contributed by atoms with E-state index in [0.717, 1.165) is 26.5 Å². The minimum atomic E-state index is -0.0592. The zero-order valence-corrected chi connectivity index (χ0v) is 18.5. The Hall–Kier alpha value is -3.23. The van der Waals surface area contributed by atoms with E-state index < -0.39 is 0 Å². The first-order chi connectivity index (χ1) is 15.1. The van der Waals surface area contributed by atoms with E-state index >= 15 is 0 Å². The maximum atomic E-state index is 13.4. The number of thioether (sulfide) groups is 1. The minimum absolute atomic E-state index is 0.0592. The van der Waals surface area contributed by atoms with Crippen LogP contribution in [0.1, 0.15) is 16.3 Å². The van der Waals surface area contributed by atoms with Gasteiger partial charge in [-0.15, -0.1) is 11.3 Å². The van der Waals surface area contributed by atoms with Gasteiger partial charge >= 0.3 is 0 Å². The normalized spacial score (nSPS) is 11.3. The predicted molar refractivity (Wildman–Crippen MR) is 124 cm³/mol. The molecule has 0 amide bonds. The van der Waals surface area contributed by atoms with E-state index in [2.05, 4.69) is 10.1 Å². The number of nitrogens with zero attached hydrogens (tertiary/aromatic N) is 4. The lowest BCUT2D eigenvalue weighted by molar-refractivity contribution is 0.391. The number of aryl methyl sites for hydroxylation is 2. The molecule has 0 bridgehead atoms. The molecule has 0 saturated carbocycles. The van der Waals surface area contributed by atoms with Crippen molar-refractivity contribution < 1.29 is 4.52 Å². The first-order valence-corrected chi connectivity index (χ1v) is 11.5. The summed E-state index contributed by atoms with van der Waals surface area (Å²) >= 11 is 2.95. The van der Waals surface area contributed by atoms with Crippen molar-refractivity contribution in [3.05, 3.63) is 87.3 Å². The Balaban J connectivity index is 1.54. The highest BCUT2D eigenvalue weighted by atomic mass is 32.2. The van der Waals surface area contributed by atoms with Gasteiger partial charge in [0.2, 0.25) is 11.7 Å². The molecule has 0 spiro atoms. The van der Waals surface area contributed by atoms with Crippen LogP contribution in [0.3, 0.4) is 0 Å². The van der Waals surface area contributed by atoms with Crippen molar-refractivity contribution >= 4 is 33.3 Å². The lowest BCUT2D eigenvalue weighted by Crippen LogP contribution is -2.21. The SMILES string of the molecule is Cc1sc2nc(SCc3nc(-c4ccccc4)no3)n(-c3ccccc3)c(=O)c2c1C. The topological polar surface area (TPSA) is 73.8 Å². The van der Waals surface area contributed by atoms with Gasteiger partial charge in [-0.2, -0.15) is 4.98 Å². The van der Waals surface area contributed by atoms with Crippen LogP contribution in [0, 0.1) is 13.8 Å². The van der Waals surface area contributed by atoms with E-state index in [1.54, 1.807) is 15.9 Å². The molecule has 8 heteroatoms. The summed E-state index contributed by atoms with van der Waals surface area (Å²) < 4.78 is 7.10. The van der Waals surface area contributed by atoms with Crippen LogP contribution in [0.25, 0.3) is 27.3 Å². The molecule has 6 nitrogen and oxygen atoms in total. The Labute approximate surface area is 186 Å². The molecule has 154 valence electrons. The van der Waals surface area contributed by atoms with Crippen LogP contribution in [0.15, 0.2) is 75.1 Å². The van der Waals surface area contributed by atoms with Crippen LogP contribution in [-0.4, -0.2) is 19.7 Å². The number of thiophene rings is 1. The fourth-order valence-electron chi connectivity index (χ4n) is 3.32. The van der Waals surface area contributed by atoms with Crippen molar-refractivity contribution in [1.82, 2.24) is 19.7 Å². The first-order valence-electron chi connectivity index (χ1n) is 9.71. The van der Waals surface area contributed by atoms with Gasteiger partial charge in [-0.25, -0.2) is 4.98 Å². The van der Waals surface area contributed by atoms with Crippen molar-refractivity contribution in [2.75, 3.05) is 0 Å². The number of para-hydroxylation sites is 1. The molecule has 2 aromatic carbocycles. The molecule has 0 radical (unpaired) electrons. The Morgan fingerprint density at radius 2 is 1.71 bits per heavy atom. The third-order valence-electron chi connectivity index (χ3n) is 5.01. The summed E-state index contributed by atoms with van der Waals surface area (Å²) in [6.45, 7) is 3.99. The second-order valence-corrected chi connectivity index (χ2v) is 9.15. The zero-order valence-electron chi connectivity index (χ0n) is 16.9. The lowest BCUT2D eigenvalue weighted by Gasteiger charge is -2.11. The molecule has 0 atom stereocenters. The molecule has 0 saturated heterocycles. The molecule has 5 rings (SSSR count). The maximum absolute atomic E-state index is 13.4. The molecule has 3 heterocycles. The average molecular weight is 447 g/mol. The summed E-state index contributed by atoms with van der Waals surface area (Å²) in [6.07, 6.45) is 0. The predicted octanol–water partition coefficient (Wildman–Crippen LogP) is 5.41. The molecule has 3 aromatic heterocycles. The van der Waals surface area contributed by atoms with E-state index in [0.29, 0.717) is 28.0 Å². The summed E-state index contributed by atoms with van der Waals surface area (Å²) in [4.78, 5) is 24.6. The zero-order chi connectivity index (χ0) is 21.4. The van der Waals surface area contributed by atoms with Gasteiger partial charge < -0.3 is 4.52 Å². The van der Waals surface area contributed by atoms with E-state index in [1.807, 2.05) is 74.5 Å². The Morgan fingerprint density at radius 1 is 1.00 bits per heavy atom. The van der Waals surface area contributed by atoms with E-state index in [4.69, 9.17) is 9.51 Å². The smallest absolute Gasteiger partial charge is 0.267 e. The van der Waals surface area contributed by atoms with Crippen LogP contribution in [0.2, 0.25) is 0 Å². The third kappa shape index (κ3) is 3.68. The number of aromatic nitrogens is 4. The van der Waals surface area contributed by atoms with Gasteiger partial charge in [0.1, 0.15) is 4.83 Å². The largest absolute Gasteiger partial charge is 0.338 e. The van der Waals surface area contributed by atoms with Gasteiger partial charge in [0.25, 0.3) is 5.56 Å². The molecule has 0 aliphatic heterocycles. The second kappa shape index (κ2) is 8.13. The van der Waals surface area contributed by atoms with Gasteiger partial charge in [-0.3, -0.25) is 9.36 Å². The summed E-state index contributed by atoms with van der Waals surface area (Å²) in [5.74, 6) is 1.44. The van der Waals surface area contributed by atoms with Crippen molar-refractivity contribution in [3.63, 3.8) is 0 Å². The summed E-state index contributed by atoms with van der Waals surface area (Å²) in [5.41, 5.74) is 2.61. The van der Waals surface area contributed by atoms with E-state index in [-0.39, 0.29) is 5.56 Å². The average Bonchev–Trinajstić information content (AvgIpc) is 3.38.